The van der Waals surface area contributed by atoms with Crippen LogP contribution < -0.4 is 14.8 Å². The van der Waals surface area contributed by atoms with Crippen LogP contribution in [0.1, 0.15) is 22.1 Å². The number of benzene rings is 2. The summed E-state index contributed by atoms with van der Waals surface area (Å²) in [7, 11) is 2.90. The van der Waals surface area contributed by atoms with Crippen molar-refractivity contribution in [3.05, 3.63) is 53.6 Å². The van der Waals surface area contributed by atoms with Gasteiger partial charge in [-0.15, -0.1) is 0 Å². The van der Waals surface area contributed by atoms with E-state index in [9.17, 15) is 18.0 Å². The van der Waals surface area contributed by atoms with Crippen molar-refractivity contribution in [3.63, 3.8) is 0 Å². The Kier molecular flexibility index (Phi) is 4.67. The van der Waals surface area contributed by atoms with Gasteiger partial charge < -0.3 is 19.7 Å². The van der Waals surface area contributed by atoms with Crippen LogP contribution in [0.3, 0.4) is 0 Å². The second-order valence-electron chi connectivity index (χ2n) is 5.76. The summed E-state index contributed by atoms with van der Waals surface area (Å²) in [6.45, 7) is -1.37. The summed E-state index contributed by atoms with van der Waals surface area (Å²) in [4.78, 5) is 13.5. The predicted molar refractivity (Wildman–Crippen MR) is 89.4 cm³/mol. The third-order valence-electron chi connectivity index (χ3n) is 4.10. The van der Waals surface area contributed by atoms with E-state index in [0.29, 0.717) is 22.7 Å². The van der Waals surface area contributed by atoms with Gasteiger partial charge in [-0.05, 0) is 29.8 Å². The van der Waals surface area contributed by atoms with Crippen LogP contribution >= 0.6 is 0 Å². The maximum Gasteiger partial charge on any atom is 0.406 e. The number of halogens is 3. The van der Waals surface area contributed by atoms with Crippen LogP contribution in [0.4, 0.5) is 18.9 Å². The van der Waals surface area contributed by atoms with Crippen molar-refractivity contribution in [2.75, 3.05) is 26.1 Å². The highest BCUT2D eigenvalue weighted by Crippen LogP contribution is 2.38. The zero-order valence-corrected chi connectivity index (χ0v) is 14.1. The number of methoxy groups -OCH3 is 2. The smallest absolute Gasteiger partial charge is 0.406 e. The number of carbonyl (C=O) groups is 1. The van der Waals surface area contributed by atoms with Crippen LogP contribution in [0.25, 0.3) is 0 Å². The van der Waals surface area contributed by atoms with Gasteiger partial charge in [-0.2, -0.15) is 13.2 Å². The number of hydrogen-bond donors (Lipinski definition) is 1. The van der Waals surface area contributed by atoms with Crippen molar-refractivity contribution in [1.29, 1.82) is 0 Å². The number of alkyl halides is 3. The first kappa shape index (κ1) is 17.9. The molecular weight excluding hydrogens is 349 g/mol. The molecule has 5 nitrogen and oxygen atoms in total. The Morgan fingerprint density at radius 3 is 2.42 bits per heavy atom. The van der Waals surface area contributed by atoms with Gasteiger partial charge in [-0.3, -0.25) is 4.79 Å². The number of ether oxygens (including phenoxy) is 2. The third kappa shape index (κ3) is 3.40. The van der Waals surface area contributed by atoms with E-state index in [2.05, 4.69) is 5.32 Å². The zero-order valence-electron chi connectivity index (χ0n) is 14.1. The molecular formula is C18H17F3N2O3. The molecule has 0 spiro atoms. The minimum Gasteiger partial charge on any atom is -0.493 e. The van der Waals surface area contributed by atoms with Gasteiger partial charge in [-0.25, -0.2) is 0 Å². The van der Waals surface area contributed by atoms with Crippen molar-refractivity contribution in [1.82, 2.24) is 4.90 Å². The molecule has 8 heteroatoms. The maximum absolute atomic E-state index is 13.1. The fourth-order valence-corrected chi connectivity index (χ4v) is 2.94. The number of fused-ring (bicyclic) bond motifs is 1. The summed E-state index contributed by atoms with van der Waals surface area (Å²) >= 11 is 0. The number of hydrogen-bond acceptors (Lipinski definition) is 4. The second-order valence-corrected chi connectivity index (χ2v) is 5.76. The largest absolute Gasteiger partial charge is 0.493 e. The maximum atomic E-state index is 13.1. The fourth-order valence-electron chi connectivity index (χ4n) is 2.94. The molecule has 0 radical (unpaired) electrons. The Balaban J connectivity index is 2.06. The van der Waals surface area contributed by atoms with Gasteiger partial charge >= 0.3 is 6.18 Å². The molecule has 3 rings (SSSR count). The molecule has 1 N–H and O–H groups in total. The van der Waals surface area contributed by atoms with Gasteiger partial charge in [0.1, 0.15) is 12.7 Å². The lowest BCUT2D eigenvalue weighted by Gasteiger charge is -2.38. The lowest BCUT2D eigenvalue weighted by atomic mass is 10.0. The molecule has 2 aromatic carbocycles. The van der Waals surface area contributed by atoms with Gasteiger partial charge in [0.05, 0.1) is 19.8 Å². The molecule has 1 heterocycles. The van der Waals surface area contributed by atoms with Crippen LogP contribution in [0.15, 0.2) is 42.5 Å². The Labute approximate surface area is 148 Å². The van der Waals surface area contributed by atoms with E-state index in [0.717, 1.165) is 4.90 Å². The zero-order chi connectivity index (χ0) is 18.9. The number of nitrogens with zero attached hydrogens (tertiary/aromatic N) is 1. The van der Waals surface area contributed by atoms with Crippen LogP contribution in [0.2, 0.25) is 0 Å². The number of carbonyl (C=O) groups excluding carboxylic acids is 1. The summed E-state index contributed by atoms with van der Waals surface area (Å²) in [5.74, 6) is 0.127. The topological polar surface area (TPSA) is 50.8 Å². The van der Waals surface area contributed by atoms with Crippen molar-refractivity contribution in [2.24, 2.45) is 0 Å². The molecule has 0 aliphatic carbocycles. The van der Waals surface area contributed by atoms with Crippen molar-refractivity contribution < 1.29 is 27.4 Å². The molecule has 0 saturated heterocycles. The first-order valence-corrected chi connectivity index (χ1v) is 7.79. The van der Waals surface area contributed by atoms with E-state index >= 15 is 0 Å². The summed E-state index contributed by atoms with van der Waals surface area (Å²) in [5, 5.41) is 3.01. The molecule has 138 valence electrons. The van der Waals surface area contributed by atoms with Gasteiger partial charge in [0.2, 0.25) is 0 Å². The number of nitrogens with one attached hydrogen (secondary N) is 1. The minimum atomic E-state index is -4.53. The number of amides is 1. The molecule has 0 fully saturated rings. The van der Waals surface area contributed by atoms with Crippen LogP contribution in [-0.4, -0.2) is 37.7 Å². The van der Waals surface area contributed by atoms with E-state index in [1.54, 1.807) is 36.4 Å². The second kappa shape index (κ2) is 6.78. The van der Waals surface area contributed by atoms with E-state index < -0.39 is 24.8 Å². The number of anilines is 1. The summed E-state index contributed by atoms with van der Waals surface area (Å²) in [6, 6.07) is 11.2. The van der Waals surface area contributed by atoms with E-state index in [1.165, 1.54) is 20.3 Å². The average Bonchev–Trinajstić information content (AvgIpc) is 2.62. The van der Waals surface area contributed by atoms with E-state index in [4.69, 9.17) is 9.47 Å². The lowest BCUT2D eigenvalue weighted by molar-refractivity contribution is -0.144. The van der Waals surface area contributed by atoms with Gasteiger partial charge in [0.25, 0.3) is 5.91 Å². The number of rotatable bonds is 4. The van der Waals surface area contributed by atoms with Crippen LogP contribution in [0.5, 0.6) is 11.5 Å². The molecule has 1 aliphatic rings. The summed E-state index contributed by atoms with van der Waals surface area (Å²) < 4.78 is 49.6. The van der Waals surface area contributed by atoms with Crippen molar-refractivity contribution in [2.45, 2.75) is 12.3 Å². The molecule has 0 saturated carbocycles. The number of para-hydroxylation sites is 1. The van der Waals surface area contributed by atoms with Crippen molar-refractivity contribution >= 4 is 11.6 Å². The molecule has 0 unspecified atom stereocenters. The van der Waals surface area contributed by atoms with E-state index in [-0.39, 0.29) is 5.56 Å². The Hall–Kier alpha value is -2.90. The molecule has 1 amide bonds. The molecule has 2 aromatic rings. The van der Waals surface area contributed by atoms with Crippen LogP contribution in [-0.2, 0) is 0 Å². The quantitative estimate of drug-likeness (QED) is 0.894. The minimum absolute atomic E-state index is 0.202. The normalized spacial score (nSPS) is 16.7. The van der Waals surface area contributed by atoms with Crippen molar-refractivity contribution in [3.8, 4) is 11.5 Å². The first-order valence-electron chi connectivity index (χ1n) is 7.79. The van der Waals surface area contributed by atoms with Gasteiger partial charge in [0, 0.05) is 5.69 Å². The fraction of sp³-hybridized carbons (Fsp3) is 0.278. The Morgan fingerprint density at radius 1 is 1.08 bits per heavy atom. The molecule has 0 bridgehead atoms. The first-order chi connectivity index (χ1) is 12.3. The highest BCUT2D eigenvalue weighted by atomic mass is 19.4. The summed E-state index contributed by atoms with van der Waals surface area (Å²) in [6.07, 6.45) is -5.52. The lowest BCUT2D eigenvalue weighted by Crippen LogP contribution is -2.47. The Bertz CT molecular complexity index is 824. The van der Waals surface area contributed by atoms with E-state index in [1.807, 2.05) is 0 Å². The van der Waals surface area contributed by atoms with Gasteiger partial charge in [0.15, 0.2) is 11.5 Å². The SMILES string of the molecule is COc1ccc([C@H]2Nc3ccccc3C(=O)N2CC(F)(F)F)cc1OC. The molecule has 1 atom stereocenters. The molecule has 26 heavy (non-hydrogen) atoms. The molecule has 0 aromatic heterocycles. The highest BCUT2D eigenvalue weighted by Gasteiger charge is 2.40. The van der Waals surface area contributed by atoms with Gasteiger partial charge in [-0.1, -0.05) is 18.2 Å². The van der Waals surface area contributed by atoms with Crippen LogP contribution in [0, 0.1) is 0 Å². The Morgan fingerprint density at radius 2 is 1.77 bits per heavy atom. The monoisotopic (exact) mass is 366 g/mol. The third-order valence-corrected chi connectivity index (χ3v) is 4.10. The molecule has 1 aliphatic heterocycles. The average molecular weight is 366 g/mol. The standard InChI is InChI=1S/C18H17F3N2O3/c1-25-14-8-7-11(9-15(14)26-2)16-22-13-6-4-3-5-12(13)17(24)23(16)10-18(19,20)21/h3-9,16,22H,10H2,1-2H3/t16-/m0/s1. The predicted octanol–water partition coefficient (Wildman–Crippen LogP) is 3.83. The highest BCUT2D eigenvalue weighted by molar-refractivity contribution is 6.01. The summed E-state index contributed by atoms with van der Waals surface area (Å²) in [5.41, 5.74) is 1.14.